The molecule has 2 rings (SSSR count). The van der Waals surface area contributed by atoms with Crippen LogP contribution in [0.25, 0.3) is 0 Å². The van der Waals surface area contributed by atoms with Gasteiger partial charge in [-0.15, -0.1) is 0 Å². The molecule has 0 aliphatic heterocycles. The lowest BCUT2D eigenvalue weighted by atomic mass is 10.2. The molecule has 1 amide bonds. The number of pyridine rings is 1. The molecule has 2 heterocycles. The minimum atomic E-state index is -0.319. The summed E-state index contributed by atoms with van der Waals surface area (Å²) in [4.78, 5) is 20.5. The number of nitrogens with one attached hydrogen (secondary N) is 1. The first kappa shape index (κ1) is 14.0. The minimum Gasteiger partial charge on any atom is -0.375 e. The molecular formula is C11H10Cl2N4OS. The number of carbonyl (C=O) groups excluding carboxylic acids is 1. The van der Waals surface area contributed by atoms with Crippen molar-refractivity contribution in [2.45, 2.75) is 13.8 Å². The third-order valence-corrected chi connectivity index (χ3v) is 3.85. The summed E-state index contributed by atoms with van der Waals surface area (Å²) < 4.78 is 0. The molecule has 2 aromatic heterocycles. The molecule has 0 bridgehead atoms. The Morgan fingerprint density at radius 1 is 1.37 bits per heavy atom. The van der Waals surface area contributed by atoms with Crippen molar-refractivity contribution in [3.63, 3.8) is 0 Å². The van der Waals surface area contributed by atoms with E-state index in [0.717, 1.165) is 16.9 Å². The van der Waals surface area contributed by atoms with E-state index in [0.29, 0.717) is 21.4 Å². The van der Waals surface area contributed by atoms with Crippen molar-refractivity contribution in [1.29, 1.82) is 0 Å². The lowest BCUT2D eigenvalue weighted by Crippen LogP contribution is -2.13. The third-order valence-electron chi connectivity index (χ3n) is 2.40. The van der Waals surface area contributed by atoms with Crippen LogP contribution in [0.15, 0.2) is 6.07 Å². The average molecular weight is 317 g/mol. The Labute approximate surface area is 123 Å². The van der Waals surface area contributed by atoms with Gasteiger partial charge in [-0.3, -0.25) is 4.79 Å². The number of carbonyl (C=O) groups is 1. The quantitative estimate of drug-likeness (QED) is 0.833. The van der Waals surface area contributed by atoms with E-state index in [-0.39, 0.29) is 16.2 Å². The standard InChI is InChI=1S/C11H10Cl2N4OS/c1-4-3-6(12)16-9(13)7(4)17-10(18)8-5(2)15-11(14)19-8/h3H,1-2H3,(H2,14,15)(H,17,18). The molecule has 0 aliphatic rings. The summed E-state index contributed by atoms with van der Waals surface area (Å²) in [5.74, 6) is -0.319. The largest absolute Gasteiger partial charge is 0.375 e. The van der Waals surface area contributed by atoms with Gasteiger partial charge in [0, 0.05) is 0 Å². The first-order valence-corrected chi connectivity index (χ1v) is 6.82. The zero-order chi connectivity index (χ0) is 14.2. The van der Waals surface area contributed by atoms with Crippen LogP contribution in [0.3, 0.4) is 0 Å². The third kappa shape index (κ3) is 2.97. The summed E-state index contributed by atoms with van der Waals surface area (Å²) >= 11 is 12.9. The van der Waals surface area contributed by atoms with Crippen molar-refractivity contribution in [2.75, 3.05) is 11.1 Å². The zero-order valence-electron chi connectivity index (χ0n) is 10.1. The number of nitrogen functional groups attached to an aromatic ring is 1. The Hall–Kier alpha value is -1.37. The van der Waals surface area contributed by atoms with Crippen molar-refractivity contribution >= 4 is 51.3 Å². The topological polar surface area (TPSA) is 80.9 Å². The Kier molecular flexibility index (Phi) is 3.93. The molecule has 0 spiro atoms. The highest BCUT2D eigenvalue weighted by Crippen LogP contribution is 2.28. The van der Waals surface area contributed by atoms with Gasteiger partial charge in [0.1, 0.15) is 10.0 Å². The monoisotopic (exact) mass is 316 g/mol. The van der Waals surface area contributed by atoms with E-state index in [4.69, 9.17) is 28.9 Å². The van der Waals surface area contributed by atoms with E-state index in [1.54, 1.807) is 19.9 Å². The maximum atomic E-state index is 12.1. The van der Waals surface area contributed by atoms with Gasteiger partial charge in [-0.1, -0.05) is 34.5 Å². The number of halogens is 2. The number of thiazole rings is 1. The van der Waals surface area contributed by atoms with E-state index in [2.05, 4.69) is 15.3 Å². The van der Waals surface area contributed by atoms with E-state index < -0.39 is 0 Å². The summed E-state index contributed by atoms with van der Waals surface area (Å²) in [6, 6.07) is 1.62. The molecule has 8 heteroatoms. The minimum absolute atomic E-state index is 0.147. The zero-order valence-corrected chi connectivity index (χ0v) is 12.4. The fourth-order valence-corrected chi connectivity index (χ4v) is 2.85. The van der Waals surface area contributed by atoms with Gasteiger partial charge in [-0.2, -0.15) is 0 Å². The van der Waals surface area contributed by atoms with E-state index >= 15 is 0 Å². The first-order chi connectivity index (χ1) is 8.88. The molecule has 19 heavy (non-hydrogen) atoms. The van der Waals surface area contributed by atoms with E-state index in [9.17, 15) is 4.79 Å². The summed E-state index contributed by atoms with van der Waals surface area (Å²) in [5, 5.41) is 3.47. The number of nitrogens with two attached hydrogens (primary N) is 1. The molecule has 0 saturated carbocycles. The Morgan fingerprint density at radius 3 is 2.58 bits per heavy atom. The molecule has 0 saturated heterocycles. The highest BCUT2D eigenvalue weighted by molar-refractivity contribution is 7.17. The molecule has 2 aromatic rings. The molecule has 0 atom stereocenters. The van der Waals surface area contributed by atoms with Crippen LogP contribution >= 0.6 is 34.5 Å². The molecular weight excluding hydrogens is 307 g/mol. The van der Waals surface area contributed by atoms with Crippen LogP contribution < -0.4 is 11.1 Å². The number of anilines is 2. The normalized spacial score (nSPS) is 10.5. The second kappa shape index (κ2) is 5.32. The molecule has 0 aliphatic carbocycles. The predicted molar refractivity (Wildman–Crippen MR) is 78.2 cm³/mol. The molecule has 0 fully saturated rings. The Balaban J connectivity index is 2.32. The summed E-state index contributed by atoms with van der Waals surface area (Å²) in [5.41, 5.74) is 7.30. The van der Waals surface area contributed by atoms with Crippen molar-refractivity contribution in [3.05, 3.63) is 32.5 Å². The first-order valence-electron chi connectivity index (χ1n) is 5.25. The highest BCUT2D eigenvalue weighted by Gasteiger charge is 2.17. The molecule has 5 nitrogen and oxygen atoms in total. The number of amides is 1. The lowest BCUT2D eigenvalue weighted by Gasteiger charge is -2.09. The predicted octanol–water partition coefficient (Wildman–Crippen LogP) is 3.30. The number of hydrogen-bond acceptors (Lipinski definition) is 5. The van der Waals surface area contributed by atoms with Crippen molar-refractivity contribution in [2.24, 2.45) is 0 Å². The number of aromatic nitrogens is 2. The molecule has 3 N–H and O–H groups in total. The van der Waals surface area contributed by atoms with Crippen LogP contribution in [0.5, 0.6) is 0 Å². The molecule has 0 unspecified atom stereocenters. The van der Waals surface area contributed by atoms with Crippen LogP contribution in [-0.4, -0.2) is 15.9 Å². The molecule has 100 valence electrons. The van der Waals surface area contributed by atoms with Crippen molar-refractivity contribution in [3.8, 4) is 0 Å². The SMILES string of the molecule is Cc1cc(Cl)nc(Cl)c1NC(=O)c1sc(N)nc1C. The summed E-state index contributed by atoms with van der Waals surface area (Å²) in [6.45, 7) is 3.50. The smallest absolute Gasteiger partial charge is 0.267 e. The molecule has 0 radical (unpaired) electrons. The second-order valence-corrected chi connectivity index (χ2v) is 5.62. The number of aryl methyl sites for hydroxylation is 2. The number of hydrogen-bond donors (Lipinski definition) is 2. The maximum Gasteiger partial charge on any atom is 0.267 e. The Morgan fingerprint density at radius 2 is 2.05 bits per heavy atom. The maximum absolute atomic E-state index is 12.1. The van der Waals surface area contributed by atoms with Gasteiger partial charge in [0.2, 0.25) is 0 Å². The van der Waals surface area contributed by atoms with Crippen LogP contribution in [0.4, 0.5) is 10.8 Å². The van der Waals surface area contributed by atoms with Crippen molar-refractivity contribution in [1.82, 2.24) is 9.97 Å². The highest BCUT2D eigenvalue weighted by atomic mass is 35.5. The van der Waals surface area contributed by atoms with Gasteiger partial charge in [0.15, 0.2) is 10.3 Å². The van der Waals surface area contributed by atoms with Gasteiger partial charge >= 0.3 is 0 Å². The summed E-state index contributed by atoms with van der Waals surface area (Å²) in [6.07, 6.45) is 0. The summed E-state index contributed by atoms with van der Waals surface area (Å²) in [7, 11) is 0. The van der Waals surface area contributed by atoms with E-state index in [1.165, 1.54) is 0 Å². The van der Waals surface area contributed by atoms with Gasteiger partial charge in [0.05, 0.1) is 11.4 Å². The number of rotatable bonds is 2. The van der Waals surface area contributed by atoms with Crippen LogP contribution in [0, 0.1) is 13.8 Å². The van der Waals surface area contributed by atoms with Crippen LogP contribution in [0.2, 0.25) is 10.3 Å². The fraction of sp³-hybridized carbons (Fsp3) is 0.182. The fourth-order valence-electron chi connectivity index (χ4n) is 1.54. The van der Waals surface area contributed by atoms with Gasteiger partial charge in [-0.05, 0) is 25.5 Å². The van der Waals surface area contributed by atoms with E-state index in [1.807, 2.05) is 0 Å². The van der Waals surface area contributed by atoms with Gasteiger partial charge in [-0.25, -0.2) is 9.97 Å². The number of nitrogens with zero attached hydrogens (tertiary/aromatic N) is 2. The average Bonchev–Trinajstić information content (AvgIpc) is 2.62. The molecule has 0 aromatic carbocycles. The van der Waals surface area contributed by atoms with Crippen molar-refractivity contribution < 1.29 is 4.79 Å². The lowest BCUT2D eigenvalue weighted by molar-refractivity contribution is 0.102. The van der Waals surface area contributed by atoms with Crippen LogP contribution in [-0.2, 0) is 0 Å². The second-order valence-electron chi connectivity index (χ2n) is 3.85. The van der Waals surface area contributed by atoms with Gasteiger partial charge < -0.3 is 11.1 Å². The van der Waals surface area contributed by atoms with Gasteiger partial charge in [0.25, 0.3) is 5.91 Å². The Bertz CT molecular complexity index is 633. The van der Waals surface area contributed by atoms with Crippen LogP contribution in [0.1, 0.15) is 20.9 Å².